The van der Waals surface area contributed by atoms with Crippen molar-refractivity contribution in [3.05, 3.63) is 35.9 Å². The van der Waals surface area contributed by atoms with Gasteiger partial charge in [-0.2, -0.15) is 23.4 Å². The molecule has 0 fully saturated rings. The number of aryl methyl sites for hydroxylation is 1. The third-order valence-corrected chi connectivity index (χ3v) is 2.91. The molecule has 116 valence electrons. The third-order valence-electron chi connectivity index (χ3n) is 2.91. The minimum Gasteiger partial charge on any atom is -0.307 e. The Labute approximate surface area is 120 Å². The highest BCUT2D eigenvalue weighted by molar-refractivity contribution is 5.05. The molecule has 2 rings (SSSR count). The number of hydrogen-bond donors (Lipinski definition) is 1. The molecule has 0 aromatic carbocycles. The molecular formula is C13H18F3N5. The van der Waals surface area contributed by atoms with Gasteiger partial charge in [0.05, 0.1) is 11.9 Å². The maximum absolute atomic E-state index is 12.4. The smallest absolute Gasteiger partial charge is 0.307 e. The van der Waals surface area contributed by atoms with Gasteiger partial charge >= 0.3 is 6.18 Å². The Morgan fingerprint density at radius 3 is 2.76 bits per heavy atom. The minimum atomic E-state index is -4.26. The van der Waals surface area contributed by atoms with Gasteiger partial charge in [-0.1, -0.05) is 6.92 Å². The molecule has 0 radical (unpaired) electrons. The summed E-state index contributed by atoms with van der Waals surface area (Å²) < 4.78 is 39.9. The van der Waals surface area contributed by atoms with Crippen LogP contribution in [0.25, 0.3) is 0 Å². The van der Waals surface area contributed by atoms with Crippen LogP contribution in [0, 0.1) is 0 Å². The van der Waals surface area contributed by atoms with E-state index in [0.717, 1.165) is 23.2 Å². The average Bonchev–Trinajstić information content (AvgIpc) is 2.99. The minimum absolute atomic E-state index is 0.328. The summed E-state index contributed by atoms with van der Waals surface area (Å²) in [5.41, 5.74) is 1.51. The van der Waals surface area contributed by atoms with Crippen LogP contribution in [0.5, 0.6) is 0 Å². The lowest BCUT2D eigenvalue weighted by atomic mass is 10.3. The first-order chi connectivity index (χ1) is 9.98. The van der Waals surface area contributed by atoms with Gasteiger partial charge in [0.2, 0.25) is 0 Å². The SMILES string of the molecule is CCCn1cc(CNCc2ccnn2CC(F)(F)F)cn1. The van der Waals surface area contributed by atoms with Crippen molar-refractivity contribution in [2.24, 2.45) is 0 Å². The molecular weight excluding hydrogens is 283 g/mol. The highest BCUT2D eigenvalue weighted by Crippen LogP contribution is 2.18. The summed E-state index contributed by atoms with van der Waals surface area (Å²) in [5, 5.41) is 11.0. The molecule has 2 aromatic heterocycles. The van der Waals surface area contributed by atoms with Crippen LogP contribution in [0.3, 0.4) is 0 Å². The summed E-state index contributed by atoms with van der Waals surface area (Å²) in [5.74, 6) is 0. The van der Waals surface area contributed by atoms with Crippen molar-refractivity contribution in [1.82, 2.24) is 24.9 Å². The molecule has 0 aliphatic carbocycles. The van der Waals surface area contributed by atoms with Crippen molar-refractivity contribution in [3.8, 4) is 0 Å². The molecule has 1 N–H and O–H groups in total. The van der Waals surface area contributed by atoms with E-state index in [1.807, 2.05) is 10.9 Å². The molecule has 2 aromatic rings. The van der Waals surface area contributed by atoms with Crippen LogP contribution in [-0.4, -0.2) is 25.7 Å². The van der Waals surface area contributed by atoms with Crippen LogP contribution in [0.1, 0.15) is 24.6 Å². The second-order valence-electron chi connectivity index (χ2n) is 4.81. The molecule has 0 atom stereocenters. The summed E-state index contributed by atoms with van der Waals surface area (Å²) in [6.45, 7) is 2.75. The van der Waals surface area contributed by atoms with Gasteiger partial charge in [0.1, 0.15) is 6.54 Å². The first kappa shape index (κ1) is 15.6. The lowest BCUT2D eigenvalue weighted by Gasteiger charge is -2.10. The highest BCUT2D eigenvalue weighted by Gasteiger charge is 2.29. The Bertz CT molecular complexity index is 558. The van der Waals surface area contributed by atoms with E-state index in [-0.39, 0.29) is 0 Å². The second kappa shape index (κ2) is 6.75. The van der Waals surface area contributed by atoms with Crippen LogP contribution >= 0.6 is 0 Å². The standard InChI is InChI=1S/C13H18F3N5/c1-2-5-20-9-11(7-19-20)6-17-8-12-3-4-18-21(12)10-13(14,15)16/h3-4,7,9,17H,2,5-6,8,10H2,1H3. The van der Waals surface area contributed by atoms with E-state index in [0.29, 0.717) is 18.8 Å². The summed E-state index contributed by atoms with van der Waals surface area (Å²) in [6, 6.07) is 1.58. The molecule has 0 aliphatic heterocycles. The van der Waals surface area contributed by atoms with Crippen molar-refractivity contribution in [3.63, 3.8) is 0 Å². The Morgan fingerprint density at radius 2 is 2.05 bits per heavy atom. The summed E-state index contributed by atoms with van der Waals surface area (Å²) >= 11 is 0. The number of alkyl halides is 3. The molecule has 0 spiro atoms. The normalized spacial score (nSPS) is 12.0. The van der Waals surface area contributed by atoms with E-state index in [4.69, 9.17) is 0 Å². The predicted molar refractivity (Wildman–Crippen MR) is 71.3 cm³/mol. The van der Waals surface area contributed by atoms with Gasteiger partial charge in [-0.3, -0.25) is 9.36 Å². The zero-order chi connectivity index (χ0) is 15.3. The number of rotatable bonds is 7. The lowest BCUT2D eigenvalue weighted by Crippen LogP contribution is -2.23. The van der Waals surface area contributed by atoms with Crippen molar-refractivity contribution >= 4 is 0 Å². The summed E-state index contributed by atoms with van der Waals surface area (Å²) in [6.07, 6.45) is 1.81. The average molecular weight is 301 g/mol. The van der Waals surface area contributed by atoms with Crippen molar-refractivity contribution in [1.29, 1.82) is 0 Å². The summed E-state index contributed by atoms with van der Waals surface area (Å²) in [4.78, 5) is 0. The van der Waals surface area contributed by atoms with Crippen LogP contribution in [0.15, 0.2) is 24.7 Å². The second-order valence-corrected chi connectivity index (χ2v) is 4.81. The quantitative estimate of drug-likeness (QED) is 0.854. The molecule has 0 unspecified atom stereocenters. The third kappa shape index (κ3) is 4.89. The maximum atomic E-state index is 12.4. The van der Waals surface area contributed by atoms with E-state index >= 15 is 0 Å². The summed E-state index contributed by atoms with van der Waals surface area (Å²) in [7, 11) is 0. The fourth-order valence-electron chi connectivity index (χ4n) is 2.01. The Kier molecular flexibility index (Phi) is 5.00. The van der Waals surface area contributed by atoms with Crippen molar-refractivity contribution in [2.45, 2.75) is 45.7 Å². The van der Waals surface area contributed by atoms with Crippen molar-refractivity contribution in [2.75, 3.05) is 0 Å². The van der Waals surface area contributed by atoms with Crippen molar-refractivity contribution < 1.29 is 13.2 Å². The Morgan fingerprint density at radius 1 is 1.24 bits per heavy atom. The van der Waals surface area contributed by atoms with Crippen LogP contribution in [-0.2, 0) is 26.2 Å². The molecule has 21 heavy (non-hydrogen) atoms. The molecule has 2 heterocycles. The van der Waals surface area contributed by atoms with Gasteiger partial charge in [0.15, 0.2) is 0 Å². The number of hydrogen-bond acceptors (Lipinski definition) is 3. The Hall–Kier alpha value is -1.83. The van der Waals surface area contributed by atoms with Gasteiger partial charge < -0.3 is 5.32 Å². The van der Waals surface area contributed by atoms with Crippen LogP contribution in [0.4, 0.5) is 13.2 Å². The first-order valence-corrected chi connectivity index (χ1v) is 6.77. The predicted octanol–water partition coefficient (Wildman–Crippen LogP) is 2.34. The molecule has 0 bridgehead atoms. The molecule has 5 nitrogen and oxygen atoms in total. The maximum Gasteiger partial charge on any atom is 0.408 e. The van der Waals surface area contributed by atoms with Crippen LogP contribution < -0.4 is 5.32 Å². The lowest BCUT2D eigenvalue weighted by molar-refractivity contribution is -0.143. The largest absolute Gasteiger partial charge is 0.408 e. The molecule has 0 saturated heterocycles. The van der Waals surface area contributed by atoms with Crippen LogP contribution in [0.2, 0.25) is 0 Å². The van der Waals surface area contributed by atoms with Gasteiger partial charge in [0, 0.05) is 37.6 Å². The molecule has 0 saturated carbocycles. The zero-order valence-electron chi connectivity index (χ0n) is 11.8. The molecule has 8 heteroatoms. The van der Waals surface area contributed by atoms with Gasteiger partial charge in [-0.15, -0.1) is 0 Å². The van der Waals surface area contributed by atoms with E-state index < -0.39 is 12.7 Å². The fourth-order valence-corrected chi connectivity index (χ4v) is 2.01. The van der Waals surface area contributed by atoms with E-state index in [1.54, 1.807) is 12.3 Å². The van der Waals surface area contributed by atoms with E-state index in [2.05, 4.69) is 22.4 Å². The number of nitrogens with zero attached hydrogens (tertiary/aromatic N) is 4. The monoisotopic (exact) mass is 301 g/mol. The van der Waals surface area contributed by atoms with Gasteiger partial charge in [-0.05, 0) is 12.5 Å². The number of nitrogens with one attached hydrogen (secondary N) is 1. The first-order valence-electron chi connectivity index (χ1n) is 6.77. The van der Waals surface area contributed by atoms with E-state index in [1.165, 1.54) is 6.20 Å². The fraction of sp³-hybridized carbons (Fsp3) is 0.538. The number of halogens is 3. The van der Waals surface area contributed by atoms with Gasteiger partial charge in [0.25, 0.3) is 0 Å². The van der Waals surface area contributed by atoms with E-state index in [9.17, 15) is 13.2 Å². The topological polar surface area (TPSA) is 47.7 Å². The van der Waals surface area contributed by atoms with Gasteiger partial charge in [-0.25, -0.2) is 0 Å². The highest BCUT2D eigenvalue weighted by atomic mass is 19.4. The Balaban J connectivity index is 1.84. The number of aromatic nitrogens is 4. The molecule has 0 aliphatic rings. The molecule has 0 amide bonds. The zero-order valence-corrected chi connectivity index (χ0v) is 11.8.